The lowest BCUT2D eigenvalue weighted by Crippen LogP contribution is -2.17. The fraction of sp³-hybridized carbons (Fsp3) is 0.250. The maximum atomic E-state index is 13.3. The normalized spacial score (nSPS) is 14.6. The van der Waals surface area contributed by atoms with Crippen molar-refractivity contribution in [2.24, 2.45) is 0 Å². The molecule has 0 saturated heterocycles. The summed E-state index contributed by atoms with van der Waals surface area (Å²) in [5, 5.41) is -1.22. The van der Waals surface area contributed by atoms with Gasteiger partial charge in [0, 0.05) is 5.02 Å². The van der Waals surface area contributed by atoms with Crippen LogP contribution in [-0.4, -0.2) is 8.42 Å². The standard InChI is InChI=1S/C16H15ClF2O2S/c1-10(12-3-6-14(17)7-4-12)22(20,21)11(2)13-5-8-15(18)16(19)9-13/h3-11H,1-2H3/t10-,11+/m0/s1. The average molecular weight is 345 g/mol. The highest BCUT2D eigenvalue weighted by molar-refractivity contribution is 7.91. The van der Waals surface area contributed by atoms with Gasteiger partial charge in [-0.25, -0.2) is 17.2 Å². The van der Waals surface area contributed by atoms with Crippen LogP contribution in [0.5, 0.6) is 0 Å². The molecular formula is C16H15ClF2O2S. The fourth-order valence-electron chi connectivity index (χ4n) is 2.18. The number of sulfone groups is 1. The first-order valence-corrected chi connectivity index (χ1v) is 8.65. The molecule has 0 saturated carbocycles. The van der Waals surface area contributed by atoms with E-state index in [1.807, 2.05) is 0 Å². The molecule has 0 radical (unpaired) electrons. The lowest BCUT2D eigenvalue weighted by atomic mass is 10.1. The minimum absolute atomic E-state index is 0.222. The van der Waals surface area contributed by atoms with Crippen LogP contribution >= 0.6 is 11.6 Å². The van der Waals surface area contributed by atoms with Crippen LogP contribution in [-0.2, 0) is 9.84 Å². The number of halogens is 3. The number of hydrogen-bond acceptors (Lipinski definition) is 2. The molecule has 2 nitrogen and oxygen atoms in total. The summed E-state index contributed by atoms with van der Waals surface area (Å²) in [6.45, 7) is 3.03. The molecule has 0 N–H and O–H groups in total. The summed E-state index contributed by atoms with van der Waals surface area (Å²) in [4.78, 5) is 0. The quantitative estimate of drug-likeness (QED) is 0.794. The van der Waals surface area contributed by atoms with Crippen molar-refractivity contribution < 1.29 is 17.2 Å². The topological polar surface area (TPSA) is 34.1 Å². The molecule has 0 amide bonds. The largest absolute Gasteiger partial charge is 0.228 e. The molecule has 118 valence electrons. The van der Waals surface area contributed by atoms with Gasteiger partial charge in [0.25, 0.3) is 0 Å². The van der Waals surface area contributed by atoms with E-state index >= 15 is 0 Å². The summed E-state index contributed by atoms with van der Waals surface area (Å²) in [7, 11) is -3.62. The molecule has 0 aromatic heterocycles. The summed E-state index contributed by atoms with van der Waals surface area (Å²) in [5.41, 5.74) is 0.818. The summed E-state index contributed by atoms with van der Waals surface area (Å²) >= 11 is 5.79. The van der Waals surface area contributed by atoms with Crippen LogP contribution in [0.15, 0.2) is 42.5 Å². The molecule has 0 aliphatic heterocycles. The van der Waals surface area contributed by atoms with E-state index < -0.39 is 32.0 Å². The van der Waals surface area contributed by atoms with Crippen molar-refractivity contribution in [3.05, 3.63) is 70.2 Å². The van der Waals surface area contributed by atoms with Gasteiger partial charge in [-0.05, 0) is 49.2 Å². The van der Waals surface area contributed by atoms with Gasteiger partial charge in [-0.15, -0.1) is 0 Å². The van der Waals surface area contributed by atoms with Gasteiger partial charge in [-0.3, -0.25) is 0 Å². The maximum absolute atomic E-state index is 13.3. The molecule has 0 aliphatic rings. The van der Waals surface area contributed by atoms with Crippen molar-refractivity contribution in [1.82, 2.24) is 0 Å². The Morgan fingerprint density at radius 1 is 0.864 bits per heavy atom. The first-order chi connectivity index (χ1) is 10.2. The van der Waals surface area contributed by atoms with Gasteiger partial charge in [0.05, 0.1) is 10.5 Å². The molecule has 0 unspecified atom stereocenters. The third kappa shape index (κ3) is 3.31. The van der Waals surface area contributed by atoms with Gasteiger partial charge in [0.1, 0.15) is 0 Å². The van der Waals surface area contributed by atoms with Crippen LogP contribution in [0.25, 0.3) is 0 Å². The average Bonchev–Trinajstić information content (AvgIpc) is 2.49. The van der Waals surface area contributed by atoms with E-state index in [1.54, 1.807) is 31.2 Å². The molecule has 2 rings (SSSR count). The van der Waals surface area contributed by atoms with Crippen molar-refractivity contribution in [3.8, 4) is 0 Å². The summed E-state index contributed by atoms with van der Waals surface area (Å²) in [5.74, 6) is -2.06. The molecule has 0 heterocycles. The van der Waals surface area contributed by atoms with E-state index in [1.165, 1.54) is 13.0 Å². The highest BCUT2D eigenvalue weighted by Crippen LogP contribution is 2.34. The summed E-state index contributed by atoms with van der Waals surface area (Å²) < 4.78 is 51.6. The Bertz CT molecular complexity index is 773. The minimum Gasteiger partial charge on any atom is -0.228 e. The van der Waals surface area contributed by atoms with Crippen LogP contribution in [0, 0.1) is 11.6 Å². The van der Waals surface area contributed by atoms with Crippen LogP contribution in [0.4, 0.5) is 8.78 Å². The number of benzene rings is 2. The van der Waals surface area contributed by atoms with Crippen molar-refractivity contribution in [3.63, 3.8) is 0 Å². The SMILES string of the molecule is C[C@H](c1ccc(F)c(F)c1)S(=O)(=O)[C@@H](C)c1ccc(Cl)cc1. The Morgan fingerprint density at radius 2 is 1.36 bits per heavy atom. The smallest absolute Gasteiger partial charge is 0.163 e. The molecule has 2 atom stereocenters. The Kier molecular flexibility index (Phi) is 4.87. The van der Waals surface area contributed by atoms with Crippen LogP contribution in [0.1, 0.15) is 35.5 Å². The molecule has 0 aliphatic carbocycles. The van der Waals surface area contributed by atoms with Crippen molar-refractivity contribution >= 4 is 21.4 Å². The highest BCUT2D eigenvalue weighted by Gasteiger charge is 2.30. The van der Waals surface area contributed by atoms with Crippen molar-refractivity contribution in [1.29, 1.82) is 0 Å². The third-order valence-electron chi connectivity index (χ3n) is 3.74. The number of rotatable bonds is 4. The van der Waals surface area contributed by atoms with Gasteiger partial charge in [-0.1, -0.05) is 29.8 Å². The predicted octanol–water partition coefficient (Wildman–Crippen LogP) is 4.86. The first kappa shape index (κ1) is 16.9. The third-order valence-corrected chi connectivity index (χ3v) is 6.51. The van der Waals surface area contributed by atoms with Crippen LogP contribution < -0.4 is 0 Å². The lowest BCUT2D eigenvalue weighted by Gasteiger charge is -2.19. The van der Waals surface area contributed by atoms with Crippen LogP contribution in [0.2, 0.25) is 5.02 Å². The van der Waals surface area contributed by atoms with Gasteiger partial charge < -0.3 is 0 Å². The van der Waals surface area contributed by atoms with E-state index in [2.05, 4.69) is 0 Å². The van der Waals surface area contributed by atoms with E-state index in [-0.39, 0.29) is 5.56 Å². The molecule has 0 spiro atoms. The minimum atomic E-state index is -3.62. The Morgan fingerprint density at radius 3 is 1.91 bits per heavy atom. The van der Waals surface area contributed by atoms with Gasteiger partial charge >= 0.3 is 0 Å². The zero-order chi connectivity index (χ0) is 16.5. The second-order valence-corrected chi connectivity index (χ2v) is 8.13. The monoisotopic (exact) mass is 344 g/mol. The first-order valence-electron chi connectivity index (χ1n) is 6.66. The van der Waals surface area contributed by atoms with Gasteiger partial charge in [0.2, 0.25) is 0 Å². The molecule has 0 bridgehead atoms. The molecule has 2 aromatic carbocycles. The maximum Gasteiger partial charge on any atom is 0.163 e. The van der Waals surface area contributed by atoms with Crippen LogP contribution in [0.3, 0.4) is 0 Å². The lowest BCUT2D eigenvalue weighted by molar-refractivity contribution is 0.506. The summed E-state index contributed by atoms with van der Waals surface area (Å²) in [6.07, 6.45) is 0. The van der Waals surface area contributed by atoms with Crippen molar-refractivity contribution in [2.75, 3.05) is 0 Å². The Labute approximate surface area is 133 Å². The zero-order valence-corrected chi connectivity index (χ0v) is 13.6. The molecular weight excluding hydrogens is 330 g/mol. The van der Waals surface area contributed by atoms with Gasteiger partial charge in [-0.2, -0.15) is 0 Å². The van der Waals surface area contributed by atoms with E-state index in [0.717, 1.165) is 12.1 Å². The summed E-state index contributed by atoms with van der Waals surface area (Å²) in [6, 6.07) is 9.66. The molecule has 22 heavy (non-hydrogen) atoms. The Hall–Kier alpha value is -1.46. The molecule has 2 aromatic rings. The second kappa shape index (κ2) is 6.34. The van der Waals surface area contributed by atoms with E-state index in [4.69, 9.17) is 11.6 Å². The van der Waals surface area contributed by atoms with E-state index in [0.29, 0.717) is 10.6 Å². The fourth-order valence-corrected chi connectivity index (χ4v) is 3.99. The van der Waals surface area contributed by atoms with E-state index in [9.17, 15) is 17.2 Å². The molecule has 6 heteroatoms. The molecule has 0 fully saturated rings. The zero-order valence-electron chi connectivity index (χ0n) is 12.1. The highest BCUT2D eigenvalue weighted by atomic mass is 35.5. The Balaban J connectivity index is 2.35. The van der Waals surface area contributed by atoms with Crippen molar-refractivity contribution in [2.45, 2.75) is 24.3 Å². The second-order valence-electron chi connectivity index (χ2n) is 5.10. The predicted molar refractivity (Wildman–Crippen MR) is 83.6 cm³/mol. The number of hydrogen-bond donors (Lipinski definition) is 0. The van der Waals surface area contributed by atoms with Gasteiger partial charge in [0.15, 0.2) is 21.5 Å².